The van der Waals surface area contributed by atoms with Crippen LogP contribution in [0.1, 0.15) is 78.1 Å². The summed E-state index contributed by atoms with van der Waals surface area (Å²) in [7, 11) is -4.42. The fourth-order valence-corrected chi connectivity index (χ4v) is 3.15. The SMILES string of the molecule is CCCCCCCCCCCC1(C)OCC(COS(=O)(=O)O)O1. The van der Waals surface area contributed by atoms with Gasteiger partial charge in [0.15, 0.2) is 5.79 Å². The van der Waals surface area contributed by atoms with Crippen molar-refractivity contribution in [1.82, 2.24) is 0 Å². The van der Waals surface area contributed by atoms with Crippen LogP contribution < -0.4 is 0 Å². The first-order chi connectivity index (χ1) is 10.8. The Morgan fingerprint density at radius 1 is 1.09 bits per heavy atom. The highest BCUT2D eigenvalue weighted by Crippen LogP contribution is 2.29. The van der Waals surface area contributed by atoms with E-state index < -0.39 is 22.3 Å². The van der Waals surface area contributed by atoms with Crippen LogP contribution in [0.4, 0.5) is 0 Å². The van der Waals surface area contributed by atoms with E-state index >= 15 is 0 Å². The summed E-state index contributed by atoms with van der Waals surface area (Å²) in [5, 5.41) is 0. The second-order valence-electron chi connectivity index (χ2n) is 6.48. The smallest absolute Gasteiger partial charge is 0.347 e. The largest absolute Gasteiger partial charge is 0.397 e. The molecule has 0 aromatic carbocycles. The minimum Gasteiger partial charge on any atom is -0.347 e. The van der Waals surface area contributed by atoms with Crippen molar-refractivity contribution in [3.63, 3.8) is 0 Å². The van der Waals surface area contributed by atoms with Gasteiger partial charge in [-0.25, -0.2) is 4.18 Å². The molecule has 7 heteroatoms. The van der Waals surface area contributed by atoms with E-state index in [1.165, 1.54) is 44.9 Å². The molecule has 138 valence electrons. The van der Waals surface area contributed by atoms with Crippen LogP contribution in [0, 0.1) is 0 Å². The molecule has 1 heterocycles. The summed E-state index contributed by atoms with van der Waals surface area (Å²) in [6.45, 7) is 4.16. The maximum atomic E-state index is 10.5. The van der Waals surface area contributed by atoms with Gasteiger partial charge in [0.1, 0.15) is 6.10 Å². The van der Waals surface area contributed by atoms with Gasteiger partial charge in [0, 0.05) is 6.42 Å². The number of rotatable bonds is 13. The van der Waals surface area contributed by atoms with Gasteiger partial charge >= 0.3 is 10.4 Å². The van der Waals surface area contributed by atoms with Gasteiger partial charge in [-0.2, -0.15) is 8.42 Å². The van der Waals surface area contributed by atoms with Crippen molar-refractivity contribution < 1.29 is 26.6 Å². The molecule has 1 aliphatic heterocycles. The highest BCUT2D eigenvalue weighted by Gasteiger charge is 2.37. The molecular weight excluding hydrogens is 320 g/mol. The Kier molecular flexibility index (Phi) is 9.61. The van der Waals surface area contributed by atoms with E-state index in [9.17, 15) is 8.42 Å². The predicted octanol–water partition coefficient (Wildman–Crippen LogP) is 3.86. The van der Waals surface area contributed by atoms with Crippen LogP contribution in [0.5, 0.6) is 0 Å². The molecule has 2 atom stereocenters. The second kappa shape index (κ2) is 10.6. The summed E-state index contributed by atoms with van der Waals surface area (Å²) < 4.78 is 45.3. The highest BCUT2D eigenvalue weighted by molar-refractivity contribution is 7.80. The normalized spacial score (nSPS) is 25.1. The van der Waals surface area contributed by atoms with Crippen LogP contribution in [-0.2, 0) is 24.1 Å². The number of ether oxygens (including phenoxy) is 2. The standard InChI is InChI=1S/C16H32O6S/c1-3-4-5-6-7-8-9-10-11-12-16(2)20-13-15(22-16)14-21-23(17,18)19/h15H,3-14H2,1-2H3,(H,17,18,19). The van der Waals surface area contributed by atoms with E-state index in [1.54, 1.807) is 0 Å². The van der Waals surface area contributed by atoms with Crippen molar-refractivity contribution in [3.05, 3.63) is 0 Å². The van der Waals surface area contributed by atoms with Gasteiger partial charge in [0.25, 0.3) is 0 Å². The Morgan fingerprint density at radius 3 is 2.22 bits per heavy atom. The van der Waals surface area contributed by atoms with Crippen molar-refractivity contribution in [2.24, 2.45) is 0 Å². The molecule has 0 aliphatic carbocycles. The van der Waals surface area contributed by atoms with Crippen molar-refractivity contribution >= 4 is 10.4 Å². The maximum absolute atomic E-state index is 10.5. The first kappa shape index (κ1) is 20.8. The van der Waals surface area contributed by atoms with Crippen LogP contribution in [0.3, 0.4) is 0 Å². The van der Waals surface area contributed by atoms with Crippen molar-refractivity contribution in [3.8, 4) is 0 Å². The lowest BCUT2D eigenvalue weighted by molar-refractivity contribution is -0.161. The van der Waals surface area contributed by atoms with Gasteiger partial charge in [0.2, 0.25) is 0 Å². The fraction of sp³-hybridized carbons (Fsp3) is 1.00. The first-order valence-electron chi connectivity index (χ1n) is 8.78. The summed E-state index contributed by atoms with van der Waals surface area (Å²) in [4.78, 5) is 0. The maximum Gasteiger partial charge on any atom is 0.397 e. The third-order valence-electron chi connectivity index (χ3n) is 4.13. The molecule has 1 N–H and O–H groups in total. The zero-order valence-electron chi connectivity index (χ0n) is 14.5. The summed E-state index contributed by atoms with van der Waals surface area (Å²) in [6.07, 6.45) is 11.7. The molecule has 2 unspecified atom stereocenters. The van der Waals surface area contributed by atoms with Crippen molar-refractivity contribution in [2.75, 3.05) is 13.2 Å². The Balaban J connectivity index is 2.04. The molecule has 0 aromatic heterocycles. The third-order valence-corrected chi connectivity index (χ3v) is 4.56. The lowest BCUT2D eigenvalue weighted by atomic mass is 10.0. The summed E-state index contributed by atoms with van der Waals surface area (Å²) >= 11 is 0. The van der Waals surface area contributed by atoms with E-state index in [1.807, 2.05) is 6.92 Å². The lowest BCUT2D eigenvalue weighted by Gasteiger charge is -2.23. The van der Waals surface area contributed by atoms with Crippen LogP contribution in [0.25, 0.3) is 0 Å². The molecule has 1 aliphatic rings. The summed E-state index contributed by atoms with van der Waals surface area (Å²) in [6, 6.07) is 0. The molecule has 23 heavy (non-hydrogen) atoms. The lowest BCUT2D eigenvalue weighted by Crippen LogP contribution is -2.28. The number of hydrogen-bond donors (Lipinski definition) is 1. The van der Waals surface area contributed by atoms with Crippen molar-refractivity contribution in [1.29, 1.82) is 0 Å². The minimum atomic E-state index is -4.42. The molecule has 0 aromatic rings. The first-order valence-corrected chi connectivity index (χ1v) is 10.1. The van der Waals surface area contributed by atoms with Gasteiger partial charge in [-0.3, -0.25) is 4.55 Å². The average molecular weight is 352 g/mol. The Hall–Kier alpha value is -0.210. The van der Waals surface area contributed by atoms with Crippen LogP contribution in [0.15, 0.2) is 0 Å². The molecular formula is C16H32O6S. The number of unbranched alkanes of at least 4 members (excludes halogenated alkanes) is 8. The van der Waals surface area contributed by atoms with Gasteiger partial charge < -0.3 is 9.47 Å². The molecule has 0 saturated carbocycles. The zero-order valence-corrected chi connectivity index (χ0v) is 15.3. The van der Waals surface area contributed by atoms with Crippen LogP contribution in [-0.4, -0.2) is 38.1 Å². The third kappa shape index (κ3) is 10.3. The Labute approximate surface area is 140 Å². The van der Waals surface area contributed by atoms with Gasteiger partial charge in [-0.05, 0) is 13.3 Å². The molecule has 6 nitrogen and oxygen atoms in total. The predicted molar refractivity (Wildman–Crippen MR) is 88.6 cm³/mol. The second-order valence-corrected chi connectivity index (χ2v) is 7.57. The van der Waals surface area contributed by atoms with Crippen molar-refractivity contribution in [2.45, 2.75) is 89.9 Å². The number of hydrogen-bond acceptors (Lipinski definition) is 5. The quantitative estimate of drug-likeness (QED) is 0.400. The Morgan fingerprint density at radius 2 is 1.65 bits per heavy atom. The minimum absolute atomic E-state index is 0.216. The van der Waals surface area contributed by atoms with Gasteiger partial charge in [0.05, 0.1) is 13.2 Å². The molecule has 1 saturated heterocycles. The van der Waals surface area contributed by atoms with Crippen LogP contribution in [0.2, 0.25) is 0 Å². The molecule has 0 bridgehead atoms. The fourth-order valence-electron chi connectivity index (χ4n) is 2.82. The summed E-state index contributed by atoms with van der Waals surface area (Å²) in [5.74, 6) is -0.672. The van der Waals surface area contributed by atoms with Gasteiger partial charge in [-0.1, -0.05) is 58.3 Å². The zero-order chi connectivity index (χ0) is 17.2. The van der Waals surface area contributed by atoms with E-state index in [0.29, 0.717) is 0 Å². The van der Waals surface area contributed by atoms with E-state index in [0.717, 1.165) is 19.3 Å². The molecule has 1 rings (SSSR count). The Bertz CT molecular complexity index is 411. The average Bonchev–Trinajstić information content (AvgIpc) is 2.85. The molecule has 0 amide bonds. The summed E-state index contributed by atoms with van der Waals surface area (Å²) in [5.41, 5.74) is 0. The molecule has 0 spiro atoms. The van der Waals surface area contributed by atoms with E-state index in [-0.39, 0.29) is 13.2 Å². The van der Waals surface area contributed by atoms with E-state index in [4.69, 9.17) is 14.0 Å². The molecule has 1 fully saturated rings. The molecule has 0 radical (unpaired) electrons. The topological polar surface area (TPSA) is 82.1 Å². The van der Waals surface area contributed by atoms with Gasteiger partial charge in [-0.15, -0.1) is 0 Å². The van der Waals surface area contributed by atoms with Crippen LogP contribution >= 0.6 is 0 Å². The van der Waals surface area contributed by atoms with E-state index in [2.05, 4.69) is 11.1 Å². The highest BCUT2D eigenvalue weighted by atomic mass is 32.3. The monoisotopic (exact) mass is 352 g/mol.